The Morgan fingerprint density at radius 2 is 1.17 bits per heavy atom. The lowest BCUT2D eigenvalue weighted by Crippen LogP contribution is -2.33. The quantitative estimate of drug-likeness (QED) is 0.696. The molecule has 5 nitrogen and oxygen atoms in total. The van der Waals surface area contributed by atoms with Crippen molar-refractivity contribution in [3.05, 3.63) is 0 Å². The van der Waals surface area contributed by atoms with Crippen molar-refractivity contribution >= 4 is 8.25 Å². The van der Waals surface area contributed by atoms with Crippen LogP contribution in [-0.2, 0) is 13.6 Å². The number of hydrogen-bond acceptors (Lipinski definition) is 5. The summed E-state index contributed by atoms with van der Waals surface area (Å²) in [7, 11) is -2.39. The topological polar surface area (TPSA) is 42.0 Å². The zero-order chi connectivity index (χ0) is 13.0. The third kappa shape index (κ3) is 4.04. The van der Waals surface area contributed by atoms with Crippen molar-refractivity contribution in [2.75, 3.05) is 26.2 Å². The second-order valence-corrected chi connectivity index (χ2v) is 6.14. The fraction of sp³-hybridized carbons (Fsp3) is 1.00. The summed E-state index contributed by atoms with van der Waals surface area (Å²) >= 11 is 0. The Morgan fingerprint density at radius 3 is 1.50 bits per heavy atom. The SMILES string of the molecule is CC(O[PH](=O)OC(C)N1CCCC1)N1CCCC1. The molecule has 0 spiro atoms. The zero-order valence-electron chi connectivity index (χ0n) is 11.4. The fourth-order valence-electron chi connectivity index (χ4n) is 2.67. The molecule has 0 bridgehead atoms. The second-order valence-electron chi connectivity index (χ2n) is 5.17. The maximum Gasteiger partial charge on any atom is 0.322 e. The molecule has 0 aliphatic carbocycles. The van der Waals surface area contributed by atoms with Crippen LogP contribution in [-0.4, -0.2) is 48.4 Å². The van der Waals surface area contributed by atoms with E-state index in [0.29, 0.717) is 0 Å². The van der Waals surface area contributed by atoms with Crippen molar-refractivity contribution in [1.82, 2.24) is 9.80 Å². The van der Waals surface area contributed by atoms with Gasteiger partial charge >= 0.3 is 8.25 Å². The normalized spacial score (nSPS) is 27.4. The minimum Gasteiger partial charge on any atom is -0.292 e. The van der Waals surface area contributed by atoms with Crippen LogP contribution in [0.2, 0.25) is 0 Å². The minimum absolute atomic E-state index is 0.0929. The Labute approximate surface area is 110 Å². The van der Waals surface area contributed by atoms with Gasteiger partial charge in [0.25, 0.3) is 0 Å². The molecule has 2 saturated heterocycles. The Balaban J connectivity index is 1.70. The van der Waals surface area contributed by atoms with Crippen LogP contribution in [0.25, 0.3) is 0 Å². The van der Waals surface area contributed by atoms with Crippen molar-refractivity contribution in [1.29, 1.82) is 0 Å². The summed E-state index contributed by atoms with van der Waals surface area (Å²) in [6.45, 7) is 8.07. The summed E-state index contributed by atoms with van der Waals surface area (Å²) in [5.74, 6) is 0. The summed E-state index contributed by atoms with van der Waals surface area (Å²) in [6, 6.07) is 0. The van der Waals surface area contributed by atoms with Crippen LogP contribution in [0.15, 0.2) is 0 Å². The molecule has 2 rings (SSSR count). The average Bonchev–Trinajstić information content (AvgIpc) is 3.02. The Morgan fingerprint density at radius 1 is 0.833 bits per heavy atom. The maximum absolute atomic E-state index is 11.9. The first-order valence-electron chi connectivity index (χ1n) is 7.02. The highest BCUT2D eigenvalue weighted by Gasteiger charge is 2.23. The Kier molecular flexibility index (Phi) is 5.64. The van der Waals surface area contributed by atoms with E-state index in [1.165, 1.54) is 25.7 Å². The van der Waals surface area contributed by atoms with Gasteiger partial charge in [0, 0.05) is 26.2 Å². The molecule has 18 heavy (non-hydrogen) atoms. The smallest absolute Gasteiger partial charge is 0.292 e. The first kappa shape index (κ1) is 14.5. The molecular formula is C12H25N2O3P. The first-order valence-corrected chi connectivity index (χ1v) is 8.24. The number of rotatable bonds is 6. The molecule has 0 amide bonds. The van der Waals surface area contributed by atoms with E-state index in [-0.39, 0.29) is 12.5 Å². The van der Waals surface area contributed by atoms with Gasteiger partial charge in [-0.3, -0.25) is 23.4 Å². The van der Waals surface area contributed by atoms with Gasteiger partial charge in [-0.05, 0) is 39.5 Å². The molecule has 6 heteroatoms. The molecule has 0 saturated carbocycles. The van der Waals surface area contributed by atoms with E-state index in [1.807, 2.05) is 13.8 Å². The summed E-state index contributed by atoms with van der Waals surface area (Å²) in [6.07, 6.45) is 4.65. The van der Waals surface area contributed by atoms with E-state index in [0.717, 1.165) is 26.2 Å². The fourth-order valence-corrected chi connectivity index (χ4v) is 3.58. The van der Waals surface area contributed by atoms with Gasteiger partial charge in [-0.2, -0.15) is 0 Å². The molecular weight excluding hydrogens is 251 g/mol. The molecule has 2 aliphatic heterocycles. The third-order valence-corrected chi connectivity index (χ3v) is 4.91. The van der Waals surface area contributed by atoms with Crippen LogP contribution >= 0.6 is 8.25 Å². The van der Waals surface area contributed by atoms with E-state index < -0.39 is 8.25 Å². The van der Waals surface area contributed by atoms with Gasteiger partial charge in [-0.1, -0.05) is 0 Å². The highest BCUT2D eigenvalue weighted by molar-refractivity contribution is 7.33. The average molecular weight is 276 g/mol. The van der Waals surface area contributed by atoms with Crippen LogP contribution < -0.4 is 0 Å². The highest BCUT2D eigenvalue weighted by Crippen LogP contribution is 2.31. The minimum atomic E-state index is -2.39. The molecule has 2 fully saturated rings. The summed E-state index contributed by atoms with van der Waals surface area (Å²) in [5.41, 5.74) is 0. The molecule has 2 heterocycles. The van der Waals surface area contributed by atoms with Crippen LogP contribution in [0.4, 0.5) is 0 Å². The van der Waals surface area contributed by atoms with Crippen LogP contribution in [0.3, 0.4) is 0 Å². The molecule has 0 aromatic heterocycles. The molecule has 106 valence electrons. The van der Waals surface area contributed by atoms with E-state index in [9.17, 15) is 4.57 Å². The monoisotopic (exact) mass is 276 g/mol. The van der Waals surface area contributed by atoms with Crippen LogP contribution in [0.1, 0.15) is 39.5 Å². The van der Waals surface area contributed by atoms with Gasteiger partial charge in [0.15, 0.2) is 0 Å². The van der Waals surface area contributed by atoms with Gasteiger partial charge in [0.05, 0.1) is 0 Å². The van der Waals surface area contributed by atoms with E-state index in [4.69, 9.17) is 9.05 Å². The molecule has 0 radical (unpaired) electrons. The molecule has 0 aromatic carbocycles. The molecule has 2 atom stereocenters. The Bertz CT molecular complexity index is 252. The predicted octanol–water partition coefficient (Wildman–Crippen LogP) is 2.29. The molecule has 0 N–H and O–H groups in total. The lowest BCUT2D eigenvalue weighted by atomic mass is 10.4. The Hall–Kier alpha value is 0.0700. The van der Waals surface area contributed by atoms with E-state index >= 15 is 0 Å². The first-order chi connectivity index (χ1) is 8.66. The van der Waals surface area contributed by atoms with Gasteiger partial charge in [0.2, 0.25) is 0 Å². The van der Waals surface area contributed by atoms with E-state index in [1.54, 1.807) is 0 Å². The van der Waals surface area contributed by atoms with Gasteiger partial charge in [-0.25, -0.2) is 0 Å². The number of nitrogens with zero attached hydrogens (tertiary/aromatic N) is 2. The van der Waals surface area contributed by atoms with Crippen molar-refractivity contribution in [2.45, 2.75) is 52.0 Å². The lowest BCUT2D eigenvalue weighted by molar-refractivity contribution is 0.0121. The molecule has 0 aromatic rings. The lowest BCUT2D eigenvalue weighted by Gasteiger charge is -2.26. The van der Waals surface area contributed by atoms with Gasteiger partial charge in [-0.15, -0.1) is 0 Å². The van der Waals surface area contributed by atoms with Crippen molar-refractivity contribution in [2.24, 2.45) is 0 Å². The maximum atomic E-state index is 11.9. The molecule has 2 unspecified atom stereocenters. The van der Waals surface area contributed by atoms with Gasteiger partial charge in [0.1, 0.15) is 12.5 Å². The predicted molar refractivity (Wildman–Crippen MR) is 71.7 cm³/mol. The summed E-state index contributed by atoms with van der Waals surface area (Å²) < 4.78 is 22.8. The van der Waals surface area contributed by atoms with E-state index in [2.05, 4.69) is 9.80 Å². The van der Waals surface area contributed by atoms with Crippen molar-refractivity contribution < 1.29 is 13.6 Å². The van der Waals surface area contributed by atoms with Crippen LogP contribution in [0, 0.1) is 0 Å². The van der Waals surface area contributed by atoms with Crippen molar-refractivity contribution in [3.63, 3.8) is 0 Å². The van der Waals surface area contributed by atoms with Gasteiger partial charge < -0.3 is 0 Å². The summed E-state index contributed by atoms with van der Waals surface area (Å²) in [5, 5.41) is 0. The highest BCUT2D eigenvalue weighted by atomic mass is 31.1. The van der Waals surface area contributed by atoms with Crippen molar-refractivity contribution in [3.8, 4) is 0 Å². The zero-order valence-corrected chi connectivity index (χ0v) is 12.4. The number of likely N-dealkylation sites (tertiary alicyclic amines) is 2. The number of hydrogen-bond donors (Lipinski definition) is 0. The largest absolute Gasteiger partial charge is 0.322 e. The molecule has 2 aliphatic rings. The van der Waals surface area contributed by atoms with Crippen LogP contribution in [0.5, 0.6) is 0 Å². The standard InChI is InChI=1S/C12H25N2O3P/c1-11(13-7-3-4-8-13)16-18(15)17-12(2)14-9-5-6-10-14/h11-12,18H,3-10H2,1-2H3. The third-order valence-electron chi connectivity index (χ3n) is 3.84. The summed E-state index contributed by atoms with van der Waals surface area (Å²) in [4.78, 5) is 4.43. The second kappa shape index (κ2) is 7.01.